The Kier molecular flexibility index (Phi) is 8.64. The van der Waals surface area contributed by atoms with Crippen LogP contribution in [0.5, 0.6) is 0 Å². The molecule has 22 heavy (non-hydrogen) atoms. The zero-order valence-electron chi connectivity index (χ0n) is 14.1. The minimum atomic E-state index is 0.313. The van der Waals surface area contributed by atoms with Gasteiger partial charge >= 0.3 is 0 Å². The molecule has 2 N–H and O–H groups in total. The second-order valence-electron chi connectivity index (χ2n) is 6.43. The first-order valence-electron chi connectivity index (χ1n) is 9.02. The fourth-order valence-corrected chi connectivity index (χ4v) is 3.26. The number of aliphatic imine (C=N–C) groups is 1. The van der Waals surface area contributed by atoms with E-state index >= 15 is 0 Å². The van der Waals surface area contributed by atoms with E-state index < -0.39 is 0 Å². The SMILES string of the molecule is CN=C(NCCCOC1CCOC1)NCCC1CCCCC1. The van der Waals surface area contributed by atoms with Crippen molar-refractivity contribution in [3.63, 3.8) is 0 Å². The largest absolute Gasteiger partial charge is 0.379 e. The number of ether oxygens (including phenoxy) is 2. The zero-order chi connectivity index (χ0) is 15.5. The molecule has 2 aliphatic rings. The predicted molar refractivity (Wildman–Crippen MR) is 90.3 cm³/mol. The lowest BCUT2D eigenvalue weighted by atomic mass is 9.87. The highest BCUT2D eigenvalue weighted by Gasteiger charge is 2.15. The third-order valence-corrected chi connectivity index (χ3v) is 4.65. The number of nitrogens with one attached hydrogen (secondary N) is 2. The van der Waals surface area contributed by atoms with Gasteiger partial charge in [0.25, 0.3) is 0 Å². The summed E-state index contributed by atoms with van der Waals surface area (Å²) in [5.74, 6) is 1.83. The molecule has 0 spiro atoms. The van der Waals surface area contributed by atoms with Crippen LogP contribution in [0.4, 0.5) is 0 Å². The molecule has 5 nitrogen and oxygen atoms in total. The highest BCUT2D eigenvalue weighted by molar-refractivity contribution is 5.79. The summed E-state index contributed by atoms with van der Waals surface area (Å²) >= 11 is 0. The number of hydrogen-bond donors (Lipinski definition) is 2. The third-order valence-electron chi connectivity index (χ3n) is 4.65. The second-order valence-corrected chi connectivity index (χ2v) is 6.43. The Balaban J connectivity index is 1.45. The van der Waals surface area contributed by atoms with Crippen molar-refractivity contribution in [1.82, 2.24) is 10.6 Å². The van der Waals surface area contributed by atoms with Crippen molar-refractivity contribution in [2.24, 2.45) is 10.9 Å². The van der Waals surface area contributed by atoms with Gasteiger partial charge in [0, 0.05) is 33.4 Å². The van der Waals surface area contributed by atoms with Gasteiger partial charge in [0.05, 0.1) is 12.7 Å². The maximum atomic E-state index is 5.75. The Bertz CT molecular complexity index is 311. The summed E-state index contributed by atoms with van der Waals surface area (Å²) in [4.78, 5) is 4.28. The van der Waals surface area contributed by atoms with Crippen LogP contribution in [0.2, 0.25) is 0 Å². The van der Waals surface area contributed by atoms with E-state index in [0.717, 1.165) is 57.6 Å². The van der Waals surface area contributed by atoms with E-state index in [-0.39, 0.29) is 0 Å². The van der Waals surface area contributed by atoms with Crippen molar-refractivity contribution in [1.29, 1.82) is 0 Å². The van der Waals surface area contributed by atoms with Gasteiger partial charge in [-0.1, -0.05) is 32.1 Å². The zero-order valence-corrected chi connectivity index (χ0v) is 14.1. The van der Waals surface area contributed by atoms with Gasteiger partial charge in [0.2, 0.25) is 0 Å². The van der Waals surface area contributed by atoms with Crippen LogP contribution in [0.1, 0.15) is 51.4 Å². The molecule has 0 aromatic rings. The number of hydrogen-bond acceptors (Lipinski definition) is 3. The Morgan fingerprint density at radius 3 is 2.68 bits per heavy atom. The first-order chi connectivity index (χ1) is 10.9. The van der Waals surface area contributed by atoms with E-state index in [4.69, 9.17) is 9.47 Å². The summed E-state index contributed by atoms with van der Waals surface area (Å²) in [6.45, 7) is 4.33. The lowest BCUT2D eigenvalue weighted by Crippen LogP contribution is -2.39. The second kappa shape index (κ2) is 10.8. The molecule has 128 valence electrons. The van der Waals surface area contributed by atoms with Crippen LogP contribution < -0.4 is 10.6 Å². The molecule has 1 heterocycles. The average molecular weight is 311 g/mol. The van der Waals surface area contributed by atoms with Gasteiger partial charge in [-0.05, 0) is 25.2 Å². The number of nitrogens with zero attached hydrogens (tertiary/aromatic N) is 1. The molecule has 2 fully saturated rings. The van der Waals surface area contributed by atoms with Crippen molar-refractivity contribution in [2.75, 3.05) is 40.0 Å². The first-order valence-corrected chi connectivity index (χ1v) is 9.02. The molecule has 1 atom stereocenters. The highest BCUT2D eigenvalue weighted by atomic mass is 16.5. The smallest absolute Gasteiger partial charge is 0.190 e. The minimum Gasteiger partial charge on any atom is -0.379 e. The Labute approximate surface area is 135 Å². The van der Waals surface area contributed by atoms with Crippen molar-refractivity contribution < 1.29 is 9.47 Å². The van der Waals surface area contributed by atoms with E-state index in [1.165, 1.54) is 38.5 Å². The summed E-state index contributed by atoms with van der Waals surface area (Å²) < 4.78 is 11.0. The Hall–Kier alpha value is -0.810. The molecule has 1 saturated heterocycles. The van der Waals surface area contributed by atoms with E-state index in [1.54, 1.807) is 0 Å². The molecular formula is C17H33N3O2. The van der Waals surface area contributed by atoms with Gasteiger partial charge in [-0.15, -0.1) is 0 Å². The van der Waals surface area contributed by atoms with Crippen LogP contribution in [0.3, 0.4) is 0 Å². The van der Waals surface area contributed by atoms with E-state index in [1.807, 2.05) is 7.05 Å². The summed E-state index contributed by atoms with van der Waals surface area (Å²) in [6.07, 6.45) is 10.7. The minimum absolute atomic E-state index is 0.313. The van der Waals surface area contributed by atoms with Crippen LogP contribution in [0.25, 0.3) is 0 Å². The molecule has 0 amide bonds. The summed E-state index contributed by atoms with van der Waals surface area (Å²) in [7, 11) is 1.84. The normalized spacial score (nSPS) is 23.7. The summed E-state index contributed by atoms with van der Waals surface area (Å²) in [5.41, 5.74) is 0. The van der Waals surface area contributed by atoms with Crippen LogP contribution in [-0.2, 0) is 9.47 Å². The molecule has 1 aliphatic carbocycles. The molecule has 0 bridgehead atoms. The lowest BCUT2D eigenvalue weighted by Gasteiger charge is -2.22. The van der Waals surface area contributed by atoms with Gasteiger partial charge in [0.15, 0.2) is 5.96 Å². The van der Waals surface area contributed by atoms with Crippen LogP contribution in [0.15, 0.2) is 4.99 Å². The first kappa shape index (κ1) is 17.5. The Morgan fingerprint density at radius 2 is 1.95 bits per heavy atom. The third kappa shape index (κ3) is 6.97. The Morgan fingerprint density at radius 1 is 1.14 bits per heavy atom. The number of guanidine groups is 1. The van der Waals surface area contributed by atoms with Gasteiger partial charge in [-0.2, -0.15) is 0 Å². The van der Waals surface area contributed by atoms with Crippen molar-refractivity contribution in [3.8, 4) is 0 Å². The lowest BCUT2D eigenvalue weighted by molar-refractivity contribution is 0.0420. The van der Waals surface area contributed by atoms with E-state index in [0.29, 0.717) is 6.10 Å². The molecular weight excluding hydrogens is 278 g/mol. The molecule has 0 radical (unpaired) electrons. The molecule has 1 aliphatic heterocycles. The summed E-state index contributed by atoms with van der Waals surface area (Å²) in [5, 5.41) is 6.79. The molecule has 0 aromatic heterocycles. The molecule has 2 rings (SSSR count). The topological polar surface area (TPSA) is 54.9 Å². The quantitative estimate of drug-likeness (QED) is 0.410. The fraction of sp³-hybridized carbons (Fsp3) is 0.941. The maximum absolute atomic E-state index is 5.75. The summed E-state index contributed by atoms with van der Waals surface area (Å²) in [6, 6.07) is 0. The van der Waals surface area contributed by atoms with Gasteiger partial charge in [-0.25, -0.2) is 0 Å². The van der Waals surface area contributed by atoms with E-state index in [2.05, 4.69) is 15.6 Å². The van der Waals surface area contributed by atoms with Crippen LogP contribution in [0, 0.1) is 5.92 Å². The average Bonchev–Trinajstić information content (AvgIpc) is 3.07. The standard InChI is InChI=1S/C17H33N3O2/c1-18-17(20-11-8-15-6-3-2-4-7-15)19-10-5-12-22-16-9-13-21-14-16/h15-16H,2-14H2,1H3,(H2,18,19,20). The monoisotopic (exact) mass is 311 g/mol. The molecule has 5 heteroatoms. The van der Waals surface area contributed by atoms with Crippen molar-refractivity contribution >= 4 is 5.96 Å². The predicted octanol–water partition coefficient (Wildman–Crippen LogP) is 2.32. The van der Waals surface area contributed by atoms with Crippen molar-refractivity contribution in [3.05, 3.63) is 0 Å². The maximum Gasteiger partial charge on any atom is 0.190 e. The molecule has 1 unspecified atom stereocenters. The molecule has 0 aromatic carbocycles. The van der Waals surface area contributed by atoms with Gasteiger partial charge < -0.3 is 20.1 Å². The highest BCUT2D eigenvalue weighted by Crippen LogP contribution is 2.25. The van der Waals surface area contributed by atoms with Crippen molar-refractivity contribution in [2.45, 2.75) is 57.5 Å². The van der Waals surface area contributed by atoms with Crippen LogP contribution in [-0.4, -0.2) is 52.0 Å². The van der Waals surface area contributed by atoms with Gasteiger partial charge in [-0.3, -0.25) is 4.99 Å². The fourth-order valence-electron chi connectivity index (χ4n) is 3.26. The number of rotatable bonds is 8. The molecule has 1 saturated carbocycles. The van der Waals surface area contributed by atoms with Gasteiger partial charge in [0.1, 0.15) is 0 Å². The van der Waals surface area contributed by atoms with E-state index in [9.17, 15) is 0 Å². The van der Waals surface area contributed by atoms with Crippen LogP contribution >= 0.6 is 0 Å².